The largest absolute Gasteiger partial charge is 0.416 e. The van der Waals surface area contributed by atoms with E-state index in [2.05, 4.69) is 26.1 Å². The van der Waals surface area contributed by atoms with Crippen LogP contribution in [0.4, 0.5) is 5.69 Å². The molecule has 0 bridgehead atoms. The second kappa shape index (κ2) is 10.6. The first kappa shape index (κ1) is 23.5. The zero-order chi connectivity index (χ0) is 24.2. The number of carbonyl (C=O) groups is 2. The molecule has 5 rings (SSSR count). The lowest BCUT2D eigenvalue weighted by Crippen LogP contribution is -2.49. The molecule has 1 aliphatic rings. The fourth-order valence-electron chi connectivity index (χ4n) is 3.97. The molecule has 8 nitrogen and oxygen atoms in total. The molecule has 1 saturated heterocycles. The van der Waals surface area contributed by atoms with Gasteiger partial charge in [-0.25, -0.2) is 4.98 Å². The topological polar surface area (TPSA) is 92.4 Å². The van der Waals surface area contributed by atoms with Crippen LogP contribution in [-0.2, 0) is 17.6 Å². The van der Waals surface area contributed by atoms with Gasteiger partial charge in [0.05, 0.1) is 21.0 Å². The van der Waals surface area contributed by atoms with Crippen LogP contribution in [0.15, 0.2) is 58.2 Å². The van der Waals surface area contributed by atoms with Crippen LogP contribution in [-0.4, -0.2) is 63.7 Å². The lowest BCUT2D eigenvalue weighted by molar-refractivity contribution is -0.128. The van der Waals surface area contributed by atoms with Gasteiger partial charge in [-0.1, -0.05) is 23.9 Å². The molecular weight excluding hydrogens is 482 g/mol. The molecule has 3 heterocycles. The monoisotopic (exact) mass is 507 g/mol. The Morgan fingerprint density at radius 3 is 2.51 bits per heavy atom. The zero-order valence-electron chi connectivity index (χ0n) is 19.3. The van der Waals surface area contributed by atoms with Crippen LogP contribution in [0.25, 0.3) is 10.2 Å². The number of amides is 1. The van der Waals surface area contributed by atoms with E-state index in [1.165, 1.54) is 16.5 Å². The second-order valence-corrected chi connectivity index (χ2v) is 10.3. The molecule has 1 aliphatic heterocycles. The predicted octanol–water partition coefficient (Wildman–Crippen LogP) is 4.11. The number of anilines is 1. The summed E-state index contributed by atoms with van der Waals surface area (Å²) < 4.78 is 6.91. The van der Waals surface area contributed by atoms with E-state index in [1.807, 2.05) is 47.4 Å². The minimum Gasteiger partial charge on any atom is -0.416 e. The number of piperazine rings is 1. The third-order valence-electron chi connectivity index (χ3n) is 5.93. The van der Waals surface area contributed by atoms with Gasteiger partial charge >= 0.3 is 0 Å². The number of rotatable bonds is 8. The number of aryl methyl sites for hydroxylation is 2. The molecule has 2 aromatic carbocycles. The number of Topliss-reactive ketones (excluding diaryl/α,β-unsaturated/α-hetero) is 1. The van der Waals surface area contributed by atoms with Crippen molar-refractivity contribution in [3.63, 3.8) is 0 Å². The molecule has 0 saturated carbocycles. The number of aromatic nitrogens is 3. The molecule has 0 unspecified atom stereocenters. The summed E-state index contributed by atoms with van der Waals surface area (Å²) in [5.41, 5.74) is 2.79. The number of thiazole rings is 1. The first-order chi connectivity index (χ1) is 17.0. The number of carbonyl (C=O) groups excluding carboxylic acids is 2. The second-order valence-electron chi connectivity index (χ2n) is 8.30. The number of thioether (sulfide) groups is 1. The molecule has 1 amide bonds. The Labute approximate surface area is 211 Å². The zero-order valence-corrected chi connectivity index (χ0v) is 21.0. The smallest absolute Gasteiger partial charge is 0.277 e. The lowest BCUT2D eigenvalue weighted by atomic mass is 10.1. The van der Waals surface area contributed by atoms with Crippen molar-refractivity contribution < 1.29 is 14.0 Å². The van der Waals surface area contributed by atoms with Gasteiger partial charge in [-0.05, 0) is 43.3 Å². The maximum atomic E-state index is 12.7. The molecule has 180 valence electrons. The van der Waals surface area contributed by atoms with E-state index in [0.29, 0.717) is 36.2 Å². The van der Waals surface area contributed by atoms with Crippen molar-refractivity contribution in [3.8, 4) is 0 Å². The minimum atomic E-state index is 0.0611. The number of hydrogen-bond donors (Lipinski definition) is 0. The van der Waals surface area contributed by atoms with Gasteiger partial charge in [-0.2, -0.15) is 0 Å². The average Bonchev–Trinajstić information content (AvgIpc) is 3.52. The van der Waals surface area contributed by atoms with Crippen LogP contribution >= 0.6 is 23.1 Å². The molecule has 1 fully saturated rings. The molecule has 0 spiro atoms. The quantitative estimate of drug-likeness (QED) is 0.260. The first-order valence-corrected chi connectivity index (χ1v) is 13.3. The highest BCUT2D eigenvalue weighted by Crippen LogP contribution is 2.24. The Hall–Kier alpha value is -3.24. The fraction of sp³-hybridized carbons (Fsp3) is 0.320. The van der Waals surface area contributed by atoms with E-state index in [9.17, 15) is 9.59 Å². The number of benzene rings is 2. The van der Waals surface area contributed by atoms with Crippen molar-refractivity contribution in [1.82, 2.24) is 20.1 Å². The van der Waals surface area contributed by atoms with Gasteiger partial charge in [0.25, 0.3) is 5.22 Å². The first-order valence-electron chi connectivity index (χ1n) is 11.5. The molecule has 2 aromatic heterocycles. The Bertz CT molecular complexity index is 1290. The number of para-hydroxylation sites is 1. The highest BCUT2D eigenvalue weighted by Gasteiger charge is 2.22. The molecule has 10 heteroatoms. The van der Waals surface area contributed by atoms with Crippen LogP contribution < -0.4 is 4.90 Å². The van der Waals surface area contributed by atoms with Crippen molar-refractivity contribution in [2.75, 3.05) is 36.8 Å². The van der Waals surface area contributed by atoms with E-state index < -0.39 is 0 Å². The van der Waals surface area contributed by atoms with E-state index in [1.54, 1.807) is 18.3 Å². The average molecular weight is 508 g/mol. The highest BCUT2D eigenvalue weighted by atomic mass is 32.2. The van der Waals surface area contributed by atoms with Crippen molar-refractivity contribution in [1.29, 1.82) is 0 Å². The molecule has 35 heavy (non-hydrogen) atoms. The summed E-state index contributed by atoms with van der Waals surface area (Å²) in [6, 6.07) is 15.7. The van der Waals surface area contributed by atoms with Gasteiger partial charge in [0.15, 0.2) is 5.78 Å². The van der Waals surface area contributed by atoms with Gasteiger partial charge < -0.3 is 14.2 Å². The minimum absolute atomic E-state index is 0.0611. The van der Waals surface area contributed by atoms with Gasteiger partial charge in [0, 0.05) is 50.3 Å². The summed E-state index contributed by atoms with van der Waals surface area (Å²) in [5, 5.41) is 9.67. The summed E-state index contributed by atoms with van der Waals surface area (Å²) in [7, 11) is 0. The number of fused-ring (bicyclic) bond motifs is 1. The number of hydrogen-bond acceptors (Lipinski definition) is 9. The molecule has 4 aromatic rings. The van der Waals surface area contributed by atoms with E-state index in [0.717, 1.165) is 35.7 Å². The number of ketones is 1. The summed E-state index contributed by atoms with van der Waals surface area (Å²) in [6.07, 6.45) is 1.36. The van der Waals surface area contributed by atoms with Crippen LogP contribution in [0.2, 0.25) is 0 Å². The molecular formula is C25H25N5O3S2. The van der Waals surface area contributed by atoms with Crippen molar-refractivity contribution in [2.24, 2.45) is 0 Å². The van der Waals surface area contributed by atoms with E-state index in [-0.39, 0.29) is 17.4 Å². The predicted molar refractivity (Wildman–Crippen MR) is 137 cm³/mol. The fourth-order valence-corrected chi connectivity index (χ4v) is 5.62. The van der Waals surface area contributed by atoms with Crippen LogP contribution in [0, 0.1) is 0 Å². The van der Waals surface area contributed by atoms with Crippen LogP contribution in [0.5, 0.6) is 0 Å². The molecule has 0 N–H and O–H groups in total. The highest BCUT2D eigenvalue weighted by molar-refractivity contribution is 7.99. The summed E-state index contributed by atoms with van der Waals surface area (Å²) in [6.45, 7) is 4.39. The van der Waals surface area contributed by atoms with Gasteiger partial charge in [0.2, 0.25) is 11.8 Å². The van der Waals surface area contributed by atoms with Gasteiger partial charge in [0.1, 0.15) is 0 Å². The SMILES string of the molecule is CC(=O)c1ccc(N2CCN(C(=O)CSc3nnc(CCc4nc5ccccc5s4)o3)CC2)cc1. The molecule has 0 radical (unpaired) electrons. The van der Waals surface area contributed by atoms with Gasteiger partial charge in [-0.3, -0.25) is 9.59 Å². The van der Waals surface area contributed by atoms with Crippen molar-refractivity contribution in [3.05, 3.63) is 65.0 Å². The van der Waals surface area contributed by atoms with E-state index >= 15 is 0 Å². The normalized spacial score (nSPS) is 14.0. The van der Waals surface area contributed by atoms with Crippen molar-refractivity contribution >= 4 is 50.7 Å². The number of nitrogens with zero attached hydrogens (tertiary/aromatic N) is 5. The van der Waals surface area contributed by atoms with Crippen LogP contribution in [0.1, 0.15) is 28.2 Å². The molecule has 0 aliphatic carbocycles. The summed E-state index contributed by atoms with van der Waals surface area (Å²) in [4.78, 5) is 32.9. The third kappa shape index (κ3) is 5.71. The van der Waals surface area contributed by atoms with E-state index in [4.69, 9.17) is 4.42 Å². The van der Waals surface area contributed by atoms with Gasteiger partial charge in [-0.15, -0.1) is 21.5 Å². The Morgan fingerprint density at radius 2 is 1.77 bits per heavy atom. The Morgan fingerprint density at radius 1 is 1.00 bits per heavy atom. The van der Waals surface area contributed by atoms with Crippen molar-refractivity contribution in [2.45, 2.75) is 25.0 Å². The third-order valence-corrected chi connectivity index (χ3v) is 7.83. The summed E-state index contributed by atoms with van der Waals surface area (Å²) in [5.74, 6) is 0.956. The summed E-state index contributed by atoms with van der Waals surface area (Å²) >= 11 is 2.96. The molecule has 0 atom stereocenters. The maximum absolute atomic E-state index is 12.7. The standard InChI is InChI=1S/C25H25N5O3S2/c1-17(31)18-6-8-19(9-7-18)29-12-14-30(15-13-29)24(32)16-34-25-28-27-22(33-25)10-11-23-26-20-4-2-3-5-21(20)35-23/h2-9H,10-16H2,1H3. The Balaban J connectivity index is 1.06. The lowest BCUT2D eigenvalue weighted by Gasteiger charge is -2.36. The Kier molecular flexibility index (Phi) is 7.10. The van der Waals surface area contributed by atoms with Crippen LogP contribution in [0.3, 0.4) is 0 Å². The maximum Gasteiger partial charge on any atom is 0.277 e.